The predicted molar refractivity (Wildman–Crippen MR) is 64.8 cm³/mol. The molecule has 0 saturated carbocycles. The van der Waals surface area contributed by atoms with E-state index >= 15 is 0 Å². The van der Waals surface area contributed by atoms with Crippen molar-refractivity contribution in [2.75, 3.05) is 0 Å². The Morgan fingerprint density at radius 2 is 1.94 bits per heavy atom. The average Bonchev–Trinajstić information content (AvgIpc) is 2.32. The van der Waals surface area contributed by atoms with Gasteiger partial charge < -0.3 is 5.73 Å². The molecule has 0 saturated heterocycles. The Bertz CT molecular complexity index is 552. The third kappa shape index (κ3) is 2.47. The van der Waals surface area contributed by atoms with Crippen LogP contribution in [-0.4, -0.2) is 9.97 Å². The Kier molecular flexibility index (Phi) is 3.15. The maximum atomic E-state index is 13.2. The third-order valence-corrected chi connectivity index (χ3v) is 2.53. The SMILES string of the molecule is Cc1cc(CN)nc(-c2ccc(F)c(C)c2)n1. The van der Waals surface area contributed by atoms with Crippen molar-refractivity contribution in [1.82, 2.24) is 9.97 Å². The number of halogens is 1. The second-order valence-electron chi connectivity index (χ2n) is 3.99. The molecule has 88 valence electrons. The molecule has 0 aliphatic rings. The highest BCUT2D eigenvalue weighted by molar-refractivity contribution is 5.56. The van der Waals surface area contributed by atoms with Gasteiger partial charge >= 0.3 is 0 Å². The molecule has 4 heteroatoms. The topological polar surface area (TPSA) is 51.8 Å². The molecule has 0 spiro atoms. The molecule has 0 aliphatic heterocycles. The van der Waals surface area contributed by atoms with Crippen LogP contribution in [0.3, 0.4) is 0 Å². The lowest BCUT2D eigenvalue weighted by Crippen LogP contribution is -2.03. The van der Waals surface area contributed by atoms with Crippen molar-refractivity contribution in [3.63, 3.8) is 0 Å². The van der Waals surface area contributed by atoms with Crippen LogP contribution in [0.4, 0.5) is 4.39 Å². The van der Waals surface area contributed by atoms with Crippen molar-refractivity contribution in [3.05, 3.63) is 47.0 Å². The number of hydrogen-bond donors (Lipinski definition) is 1. The number of aromatic nitrogens is 2. The second kappa shape index (κ2) is 4.59. The van der Waals surface area contributed by atoms with Gasteiger partial charge in [0.05, 0.1) is 5.69 Å². The lowest BCUT2D eigenvalue weighted by atomic mass is 10.1. The van der Waals surface area contributed by atoms with Crippen LogP contribution in [0.5, 0.6) is 0 Å². The summed E-state index contributed by atoms with van der Waals surface area (Å²) >= 11 is 0. The number of hydrogen-bond acceptors (Lipinski definition) is 3. The molecule has 0 bridgehead atoms. The van der Waals surface area contributed by atoms with Crippen LogP contribution in [0.25, 0.3) is 11.4 Å². The van der Waals surface area contributed by atoms with E-state index in [1.165, 1.54) is 6.07 Å². The van der Waals surface area contributed by atoms with E-state index in [-0.39, 0.29) is 5.82 Å². The molecule has 0 unspecified atom stereocenters. The van der Waals surface area contributed by atoms with Crippen molar-refractivity contribution in [2.45, 2.75) is 20.4 Å². The standard InChI is InChI=1S/C13H14FN3/c1-8-5-10(3-4-12(8)14)13-16-9(2)6-11(7-15)17-13/h3-6H,7,15H2,1-2H3. The molecule has 17 heavy (non-hydrogen) atoms. The maximum Gasteiger partial charge on any atom is 0.159 e. The van der Waals surface area contributed by atoms with Crippen LogP contribution in [0.2, 0.25) is 0 Å². The molecule has 0 atom stereocenters. The van der Waals surface area contributed by atoms with Gasteiger partial charge in [-0.1, -0.05) is 0 Å². The summed E-state index contributed by atoms with van der Waals surface area (Å²) < 4.78 is 13.2. The van der Waals surface area contributed by atoms with Gasteiger partial charge in [0, 0.05) is 17.8 Å². The Morgan fingerprint density at radius 1 is 1.18 bits per heavy atom. The molecule has 0 fully saturated rings. The minimum atomic E-state index is -0.222. The molecule has 0 amide bonds. The van der Waals surface area contributed by atoms with Crippen LogP contribution in [0.1, 0.15) is 17.0 Å². The zero-order valence-corrected chi connectivity index (χ0v) is 9.87. The monoisotopic (exact) mass is 231 g/mol. The second-order valence-corrected chi connectivity index (χ2v) is 3.99. The smallest absolute Gasteiger partial charge is 0.159 e. The van der Waals surface area contributed by atoms with Gasteiger partial charge in [-0.25, -0.2) is 14.4 Å². The first-order valence-corrected chi connectivity index (χ1v) is 5.41. The van der Waals surface area contributed by atoms with Crippen LogP contribution >= 0.6 is 0 Å². The van der Waals surface area contributed by atoms with E-state index < -0.39 is 0 Å². The summed E-state index contributed by atoms with van der Waals surface area (Å²) in [4.78, 5) is 8.67. The van der Waals surface area contributed by atoms with Crippen molar-refractivity contribution in [2.24, 2.45) is 5.73 Å². The van der Waals surface area contributed by atoms with Gasteiger partial charge in [0.1, 0.15) is 5.82 Å². The first-order chi connectivity index (χ1) is 8.10. The Labute approximate surface area is 99.5 Å². The average molecular weight is 231 g/mol. The first-order valence-electron chi connectivity index (χ1n) is 5.41. The summed E-state index contributed by atoms with van der Waals surface area (Å²) in [5, 5.41) is 0. The Hall–Kier alpha value is -1.81. The molecule has 0 radical (unpaired) electrons. The summed E-state index contributed by atoms with van der Waals surface area (Å²) in [7, 11) is 0. The fraction of sp³-hybridized carbons (Fsp3) is 0.231. The predicted octanol–water partition coefficient (Wildman–Crippen LogP) is 2.36. The summed E-state index contributed by atoms with van der Waals surface area (Å²) in [6.07, 6.45) is 0. The number of benzene rings is 1. The zero-order valence-electron chi connectivity index (χ0n) is 9.87. The minimum Gasteiger partial charge on any atom is -0.325 e. The quantitative estimate of drug-likeness (QED) is 0.863. The fourth-order valence-corrected chi connectivity index (χ4v) is 1.65. The van der Waals surface area contributed by atoms with Crippen LogP contribution in [0, 0.1) is 19.7 Å². The van der Waals surface area contributed by atoms with Crippen molar-refractivity contribution in [1.29, 1.82) is 0 Å². The van der Waals surface area contributed by atoms with Gasteiger partial charge in [-0.2, -0.15) is 0 Å². The molecule has 2 rings (SSSR count). The molecule has 1 aromatic heterocycles. The minimum absolute atomic E-state index is 0.222. The summed E-state index contributed by atoms with van der Waals surface area (Å²) in [5.41, 5.74) is 8.61. The van der Waals surface area contributed by atoms with Gasteiger partial charge in [-0.05, 0) is 43.7 Å². The first kappa shape index (κ1) is 11.7. The molecular formula is C13H14FN3. The number of nitrogens with two attached hydrogens (primary N) is 1. The van der Waals surface area contributed by atoms with E-state index in [4.69, 9.17) is 5.73 Å². The van der Waals surface area contributed by atoms with E-state index in [0.717, 1.165) is 17.0 Å². The Morgan fingerprint density at radius 3 is 2.59 bits per heavy atom. The lowest BCUT2D eigenvalue weighted by molar-refractivity contribution is 0.618. The van der Waals surface area contributed by atoms with E-state index in [2.05, 4.69) is 9.97 Å². The van der Waals surface area contributed by atoms with Crippen LogP contribution in [-0.2, 0) is 6.54 Å². The highest BCUT2D eigenvalue weighted by Gasteiger charge is 2.06. The Balaban J connectivity index is 2.52. The summed E-state index contributed by atoms with van der Waals surface area (Å²) in [5.74, 6) is 0.369. The molecule has 0 aliphatic carbocycles. The van der Waals surface area contributed by atoms with Crippen molar-refractivity contribution >= 4 is 0 Å². The molecular weight excluding hydrogens is 217 g/mol. The molecule has 2 N–H and O–H groups in total. The summed E-state index contributed by atoms with van der Waals surface area (Å²) in [6, 6.07) is 6.69. The molecule has 1 aromatic carbocycles. The number of rotatable bonds is 2. The molecule has 1 heterocycles. The van der Waals surface area contributed by atoms with E-state index in [1.807, 2.05) is 13.0 Å². The fourth-order valence-electron chi connectivity index (χ4n) is 1.65. The van der Waals surface area contributed by atoms with Crippen LogP contribution < -0.4 is 5.73 Å². The van der Waals surface area contributed by atoms with Crippen molar-refractivity contribution in [3.8, 4) is 11.4 Å². The van der Waals surface area contributed by atoms with Gasteiger partial charge in [0.2, 0.25) is 0 Å². The molecule has 2 aromatic rings. The van der Waals surface area contributed by atoms with Gasteiger partial charge in [0.25, 0.3) is 0 Å². The third-order valence-electron chi connectivity index (χ3n) is 2.53. The van der Waals surface area contributed by atoms with Gasteiger partial charge in [0.15, 0.2) is 5.82 Å². The van der Waals surface area contributed by atoms with Crippen molar-refractivity contribution < 1.29 is 4.39 Å². The lowest BCUT2D eigenvalue weighted by Gasteiger charge is -2.05. The number of nitrogens with zero attached hydrogens (tertiary/aromatic N) is 2. The van der Waals surface area contributed by atoms with E-state index in [0.29, 0.717) is 17.9 Å². The van der Waals surface area contributed by atoms with E-state index in [1.54, 1.807) is 19.1 Å². The summed E-state index contributed by atoms with van der Waals surface area (Å²) in [6.45, 7) is 3.98. The van der Waals surface area contributed by atoms with E-state index in [9.17, 15) is 4.39 Å². The van der Waals surface area contributed by atoms with Gasteiger partial charge in [-0.3, -0.25) is 0 Å². The highest BCUT2D eigenvalue weighted by Crippen LogP contribution is 2.19. The largest absolute Gasteiger partial charge is 0.325 e. The number of aryl methyl sites for hydroxylation is 2. The van der Waals surface area contributed by atoms with Crippen LogP contribution in [0.15, 0.2) is 24.3 Å². The normalized spacial score (nSPS) is 10.6. The molecule has 3 nitrogen and oxygen atoms in total. The van der Waals surface area contributed by atoms with Gasteiger partial charge in [-0.15, -0.1) is 0 Å². The highest BCUT2D eigenvalue weighted by atomic mass is 19.1. The zero-order chi connectivity index (χ0) is 12.4. The maximum absolute atomic E-state index is 13.2.